The van der Waals surface area contributed by atoms with Crippen LogP contribution in [0.4, 0.5) is 27.9 Å². The summed E-state index contributed by atoms with van der Waals surface area (Å²) in [5.41, 5.74) is 0. The number of rotatable bonds is 5. The number of nitrogens with zero attached hydrogens (tertiary/aromatic N) is 3. The van der Waals surface area contributed by atoms with Crippen LogP contribution in [0.25, 0.3) is 0 Å². The standard InChI is InChI=1S/C8H7F5N4O3/c9-7(10,8(11,12)13)4-15-5(18)3-16-2-1-14-6(16)17(19)20/h1-2H,3-4H2,(H,15,18)/i11-1. The van der Waals surface area contributed by atoms with Crippen LogP contribution in [0.3, 0.4) is 0 Å². The normalized spacial score (nSPS) is 12.2. The van der Waals surface area contributed by atoms with Crippen LogP contribution in [-0.4, -0.2) is 39.0 Å². The van der Waals surface area contributed by atoms with Crippen LogP contribution in [0.15, 0.2) is 12.4 Å². The minimum Gasteiger partial charge on any atom is -0.390 e. The zero-order valence-electron chi connectivity index (χ0n) is 9.53. The molecule has 0 saturated carbocycles. The molecule has 0 radical (unpaired) electrons. The fraction of sp³-hybridized carbons (Fsp3) is 0.500. The third-order valence-electron chi connectivity index (χ3n) is 2.09. The summed E-state index contributed by atoms with van der Waals surface area (Å²) in [6, 6.07) is 0. The zero-order chi connectivity index (χ0) is 15.6. The minimum absolute atomic E-state index is 0.696. The molecular formula is C8H7F5N4O3. The average molecular weight is 301 g/mol. The number of halogens is 5. The van der Waals surface area contributed by atoms with Crippen molar-refractivity contribution < 1.29 is 31.7 Å². The molecule has 1 amide bonds. The maximum Gasteiger partial charge on any atom is 0.455 e. The number of hydrogen-bond acceptors (Lipinski definition) is 4. The number of amides is 1. The number of nitrogens with one attached hydrogen (secondary N) is 1. The molecule has 20 heavy (non-hydrogen) atoms. The number of imidazole rings is 1. The van der Waals surface area contributed by atoms with Crippen molar-refractivity contribution in [2.75, 3.05) is 6.54 Å². The van der Waals surface area contributed by atoms with E-state index in [1.165, 1.54) is 5.32 Å². The molecule has 0 aliphatic rings. The molecule has 1 rings (SSSR count). The van der Waals surface area contributed by atoms with Crippen molar-refractivity contribution in [3.05, 3.63) is 22.5 Å². The smallest absolute Gasteiger partial charge is 0.390 e. The Morgan fingerprint density at radius 1 is 1.40 bits per heavy atom. The van der Waals surface area contributed by atoms with Crippen molar-refractivity contribution in [3.8, 4) is 0 Å². The van der Waals surface area contributed by atoms with E-state index in [0.717, 1.165) is 12.4 Å². The molecule has 7 nitrogen and oxygen atoms in total. The second-order valence-corrected chi connectivity index (χ2v) is 3.59. The molecular weight excluding hydrogens is 294 g/mol. The van der Waals surface area contributed by atoms with Gasteiger partial charge in [0.05, 0.1) is 6.54 Å². The van der Waals surface area contributed by atoms with Gasteiger partial charge in [-0.05, 0) is 4.92 Å². The predicted octanol–water partition coefficient (Wildman–Crippen LogP) is 1.11. The molecule has 0 bridgehead atoms. The van der Waals surface area contributed by atoms with Crippen LogP contribution in [0, 0.1) is 10.1 Å². The van der Waals surface area contributed by atoms with Gasteiger partial charge in [0.1, 0.15) is 12.4 Å². The van der Waals surface area contributed by atoms with E-state index < -0.39 is 42.0 Å². The quantitative estimate of drug-likeness (QED) is 0.501. The SMILES string of the molecule is O=C(Cn1ccnc1[N+](=O)[O-])NCC(F)(F)C(F)(F)[18F]. The summed E-state index contributed by atoms with van der Waals surface area (Å²) < 4.78 is 61.2. The topological polar surface area (TPSA) is 90.1 Å². The Kier molecular flexibility index (Phi) is 4.25. The third-order valence-corrected chi connectivity index (χ3v) is 2.09. The number of aromatic nitrogens is 2. The molecule has 0 aliphatic heterocycles. The summed E-state index contributed by atoms with van der Waals surface area (Å²) in [5.74, 6) is -7.05. The van der Waals surface area contributed by atoms with Crippen LogP contribution in [0.1, 0.15) is 0 Å². The van der Waals surface area contributed by atoms with Gasteiger partial charge in [0.2, 0.25) is 0 Å². The molecule has 0 fully saturated rings. The number of carbonyl (C=O) groups excluding carboxylic acids is 1. The Labute approximate surface area is 107 Å². The molecule has 0 spiro atoms. The van der Waals surface area contributed by atoms with E-state index in [0.29, 0.717) is 4.57 Å². The van der Waals surface area contributed by atoms with Crippen molar-refractivity contribution in [3.63, 3.8) is 0 Å². The molecule has 1 N–H and O–H groups in total. The lowest BCUT2D eigenvalue weighted by atomic mass is 10.3. The Hall–Kier alpha value is -2.27. The highest BCUT2D eigenvalue weighted by molar-refractivity contribution is 5.76. The van der Waals surface area contributed by atoms with E-state index in [1.54, 1.807) is 0 Å². The lowest BCUT2D eigenvalue weighted by Gasteiger charge is -2.19. The second kappa shape index (κ2) is 5.38. The summed E-state index contributed by atoms with van der Waals surface area (Å²) in [5, 5.41) is 11.8. The van der Waals surface area contributed by atoms with Crippen LogP contribution in [0.2, 0.25) is 0 Å². The maximum absolute atomic E-state index is 12.5. The van der Waals surface area contributed by atoms with Crippen molar-refractivity contribution >= 4 is 11.9 Å². The summed E-state index contributed by atoms with van der Waals surface area (Å²) in [6.07, 6.45) is -3.80. The van der Waals surface area contributed by atoms with Gasteiger partial charge < -0.3 is 15.4 Å². The van der Waals surface area contributed by atoms with Crippen LogP contribution in [0.5, 0.6) is 0 Å². The highest BCUT2D eigenvalue weighted by atomic mass is 19.3. The molecule has 1 aromatic heterocycles. The average Bonchev–Trinajstić information content (AvgIpc) is 2.73. The van der Waals surface area contributed by atoms with Crippen molar-refractivity contribution in [2.24, 2.45) is 0 Å². The molecule has 12 heteroatoms. The first-order valence-corrected chi connectivity index (χ1v) is 4.91. The summed E-state index contributed by atoms with van der Waals surface area (Å²) in [6.45, 7) is -2.75. The van der Waals surface area contributed by atoms with Gasteiger partial charge in [-0.2, -0.15) is 22.0 Å². The van der Waals surface area contributed by atoms with Crippen LogP contribution in [-0.2, 0) is 11.3 Å². The number of hydrogen-bond donors (Lipinski definition) is 1. The van der Waals surface area contributed by atoms with Gasteiger partial charge in [-0.15, -0.1) is 0 Å². The fourth-order valence-electron chi connectivity index (χ4n) is 1.12. The molecule has 0 aliphatic carbocycles. The summed E-state index contributed by atoms with van der Waals surface area (Å²) in [4.78, 5) is 24.0. The monoisotopic (exact) mass is 301 g/mol. The van der Waals surface area contributed by atoms with Gasteiger partial charge in [0.15, 0.2) is 6.54 Å². The first-order chi connectivity index (χ1) is 9.04. The van der Waals surface area contributed by atoms with E-state index in [2.05, 4.69) is 4.98 Å². The summed E-state index contributed by atoms with van der Waals surface area (Å²) in [7, 11) is 0. The number of carbonyl (C=O) groups is 1. The number of nitro groups is 1. The Balaban J connectivity index is 2.61. The Morgan fingerprint density at radius 3 is 2.50 bits per heavy atom. The highest BCUT2D eigenvalue weighted by Gasteiger charge is 2.57. The second-order valence-electron chi connectivity index (χ2n) is 3.59. The predicted molar refractivity (Wildman–Crippen MR) is 52.9 cm³/mol. The Bertz CT molecular complexity index is 512. The first-order valence-electron chi connectivity index (χ1n) is 4.91. The van der Waals surface area contributed by atoms with E-state index in [4.69, 9.17) is 0 Å². The fourth-order valence-corrected chi connectivity index (χ4v) is 1.12. The zero-order valence-corrected chi connectivity index (χ0v) is 9.53. The van der Waals surface area contributed by atoms with Crippen LogP contribution < -0.4 is 5.32 Å². The third kappa shape index (κ3) is 3.61. The molecule has 0 atom stereocenters. The molecule has 0 aromatic carbocycles. The molecule has 112 valence electrons. The van der Waals surface area contributed by atoms with E-state index >= 15 is 0 Å². The minimum atomic E-state index is -5.79. The van der Waals surface area contributed by atoms with Gasteiger partial charge in [-0.25, -0.2) is 4.57 Å². The van der Waals surface area contributed by atoms with Gasteiger partial charge in [0.25, 0.3) is 5.91 Å². The van der Waals surface area contributed by atoms with Crippen molar-refractivity contribution in [2.45, 2.75) is 18.6 Å². The number of alkyl halides is 5. The molecule has 1 aromatic rings. The maximum atomic E-state index is 12.5. The van der Waals surface area contributed by atoms with Crippen molar-refractivity contribution in [1.82, 2.24) is 14.9 Å². The van der Waals surface area contributed by atoms with E-state index in [9.17, 15) is 36.9 Å². The van der Waals surface area contributed by atoms with E-state index in [1.807, 2.05) is 0 Å². The first kappa shape index (κ1) is 15.8. The molecule has 0 saturated heterocycles. The Morgan fingerprint density at radius 2 is 2.00 bits per heavy atom. The summed E-state index contributed by atoms with van der Waals surface area (Å²) >= 11 is 0. The van der Waals surface area contributed by atoms with Gasteiger partial charge in [0, 0.05) is 0 Å². The highest BCUT2D eigenvalue weighted by Crippen LogP contribution is 2.34. The van der Waals surface area contributed by atoms with E-state index in [-0.39, 0.29) is 0 Å². The molecule has 0 unspecified atom stereocenters. The molecule has 1 heterocycles. The van der Waals surface area contributed by atoms with Crippen molar-refractivity contribution in [1.29, 1.82) is 0 Å². The largest absolute Gasteiger partial charge is 0.455 e. The lowest BCUT2D eigenvalue weighted by Crippen LogP contribution is -2.47. The van der Waals surface area contributed by atoms with Gasteiger partial charge in [-0.3, -0.25) is 4.79 Å². The van der Waals surface area contributed by atoms with Crippen LogP contribution >= 0.6 is 0 Å². The lowest BCUT2D eigenvalue weighted by molar-refractivity contribution is -0.396. The van der Waals surface area contributed by atoms with Gasteiger partial charge in [-0.1, -0.05) is 4.98 Å². The van der Waals surface area contributed by atoms with Gasteiger partial charge >= 0.3 is 18.0 Å².